The summed E-state index contributed by atoms with van der Waals surface area (Å²) in [5, 5.41) is 2.93. The van der Waals surface area contributed by atoms with Crippen molar-refractivity contribution in [3.05, 3.63) is 29.3 Å². The van der Waals surface area contributed by atoms with Gasteiger partial charge in [-0.2, -0.15) is 26.3 Å². The van der Waals surface area contributed by atoms with Gasteiger partial charge in [-0.1, -0.05) is 0 Å². The van der Waals surface area contributed by atoms with E-state index in [9.17, 15) is 39.6 Å². The smallest absolute Gasteiger partial charge is 0.317 e. The van der Waals surface area contributed by atoms with Gasteiger partial charge in [-0.25, -0.2) is 13.1 Å². The number of carbonyl (C=O) groups excluding carboxylic acids is 1. The minimum atomic E-state index is -5.19. The van der Waals surface area contributed by atoms with Gasteiger partial charge in [-0.3, -0.25) is 4.79 Å². The van der Waals surface area contributed by atoms with E-state index in [0.717, 1.165) is 0 Å². The maximum Gasteiger partial charge on any atom is 0.416 e. The van der Waals surface area contributed by atoms with E-state index < -0.39 is 50.2 Å². The Morgan fingerprint density at radius 2 is 1.42 bits per heavy atom. The summed E-state index contributed by atoms with van der Waals surface area (Å²) in [7, 11) is -4.89. The van der Waals surface area contributed by atoms with Gasteiger partial charge in [0, 0.05) is 5.92 Å². The zero-order valence-corrected chi connectivity index (χ0v) is 13.9. The molecule has 0 spiro atoms. The second-order valence-corrected chi connectivity index (χ2v) is 7.42. The second kappa shape index (κ2) is 7.06. The minimum Gasteiger partial charge on any atom is -0.317 e. The van der Waals surface area contributed by atoms with E-state index in [1.54, 1.807) is 4.72 Å². The van der Waals surface area contributed by atoms with Gasteiger partial charge in [0.15, 0.2) is 0 Å². The number of halogens is 6. The molecule has 26 heavy (non-hydrogen) atoms. The van der Waals surface area contributed by atoms with Crippen molar-refractivity contribution >= 4 is 15.9 Å². The Labute approximate surface area is 144 Å². The molecule has 0 atom stereocenters. The molecule has 0 unspecified atom stereocenters. The molecule has 1 fully saturated rings. The summed E-state index contributed by atoms with van der Waals surface area (Å²) in [6, 6.07) is -0.0613. The second-order valence-electron chi connectivity index (χ2n) is 5.74. The topological polar surface area (TPSA) is 75.3 Å². The SMILES string of the molecule is O=C(NS(=O)(=O)c1cc(C(F)(F)F)cc(C(F)(F)F)c1)C1CCNCC1. The number of carbonyl (C=O) groups is 1. The van der Waals surface area contributed by atoms with E-state index in [2.05, 4.69) is 5.32 Å². The highest BCUT2D eigenvalue weighted by atomic mass is 32.2. The molecule has 1 aliphatic heterocycles. The van der Waals surface area contributed by atoms with Crippen LogP contribution in [0.25, 0.3) is 0 Å². The van der Waals surface area contributed by atoms with E-state index in [1.807, 2.05) is 0 Å². The van der Waals surface area contributed by atoms with E-state index in [-0.39, 0.29) is 18.2 Å². The van der Waals surface area contributed by atoms with Crippen LogP contribution in [0.5, 0.6) is 0 Å². The molecule has 1 amide bonds. The third-order valence-electron chi connectivity index (χ3n) is 3.82. The lowest BCUT2D eigenvalue weighted by Crippen LogP contribution is -2.40. The molecule has 1 saturated heterocycles. The van der Waals surface area contributed by atoms with Gasteiger partial charge in [0.2, 0.25) is 5.91 Å². The van der Waals surface area contributed by atoms with E-state index in [1.165, 1.54) is 0 Å². The summed E-state index contributed by atoms with van der Waals surface area (Å²) in [5.74, 6) is -1.66. The molecule has 0 bridgehead atoms. The number of rotatable bonds is 3. The maximum absolute atomic E-state index is 12.8. The van der Waals surface area contributed by atoms with Crippen LogP contribution in [0.15, 0.2) is 23.1 Å². The van der Waals surface area contributed by atoms with Crippen LogP contribution in [-0.2, 0) is 27.2 Å². The molecular formula is C14H14F6N2O3S. The number of hydrogen-bond donors (Lipinski definition) is 2. The summed E-state index contributed by atoms with van der Waals surface area (Å²) in [4.78, 5) is 10.7. The van der Waals surface area contributed by atoms with Crippen LogP contribution in [0.4, 0.5) is 26.3 Å². The highest BCUT2D eigenvalue weighted by molar-refractivity contribution is 7.90. The zero-order chi connectivity index (χ0) is 19.8. The van der Waals surface area contributed by atoms with Crippen molar-refractivity contribution in [3.8, 4) is 0 Å². The Hall–Kier alpha value is -1.82. The largest absolute Gasteiger partial charge is 0.416 e. The normalized spacial score (nSPS) is 17.2. The Balaban J connectivity index is 2.39. The third kappa shape index (κ3) is 4.87. The first-order valence-corrected chi connectivity index (χ1v) is 8.86. The van der Waals surface area contributed by atoms with Gasteiger partial charge in [0.05, 0.1) is 16.0 Å². The molecule has 0 aliphatic carbocycles. The fourth-order valence-electron chi connectivity index (χ4n) is 2.44. The van der Waals surface area contributed by atoms with E-state index >= 15 is 0 Å². The Kier molecular flexibility index (Phi) is 5.57. The molecule has 5 nitrogen and oxygen atoms in total. The lowest BCUT2D eigenvalue weighted by molar-refractivity contribution is -0.143. The van der Waals surface area contributed by atoms with Gasteiger partial charge >= 0.3 is 12.4 Å². The number of benzene rings is 1. The number of sulfonamides is 1. The summed E-state index contributed by atoms with van der Waals surface area (Å²) in [5.41, 5.74) is -3.55. The molecule has 1 aromatic rings. The first-order chi connectivity index (χ1) is 11.8. The van der Waals surface area contributed by atoms with Gasteiger partial charge in [0.25, 0.3) is 10.0 Å². The Morgan fingerprint density at radius 3 is 1.85 bits per heavy atom. The summed E-state index contributed by atoms with van der Waals surface area (Å²) in [6.45, 7) is 0.889. The molecule has 0 radical (unpaired) electrons. The van der Waals surface area contributed by atoms with Crippen LogP contribution < -0.4 is 10.0 Å². The minimum absolute atomic E-state index is 0.0628. The molecule has 146 valence electrons. The maximum atomic E-state index is 12.8. The first-order valence-electron chi connectivity index (χ1n) is 7.37. The molecule has 1 aromatic carbocycles. The summed E-state index contributed by atoms with van der Waals surface area (Å²) >= 11 is 0. The molecule has 2 rings (SSSR count). The van der Waals surface area contributed by atoms with Crippen molar-refractivity contribution < 1.29 is 39.6 Å². The van der Waals surface area contributed by atoms with E-state index in [0.29, 0.717) is 25.9 Å². The van der Waals surface area contributed by atoms with Gasteiger partial charge < -0.3 is 5.32 Å². The standard InChI is InChI=1S/C14H14F6N2O3S/c15-13(16,17)9-5-10(14(18,19)20)7-11(6-9)26(24,25)22-12(23)8-1-3-21-4-2-8/h5-8,21H,1-4H2,(H,22,23). The molecule has 2 N–H and O–H groups in total. The molecule has 1 aliphatic rings. The van der Waals surface area contributed by atoms with Gasteiger partial charge in [-0.15, -0.1) is 0 Å². The Morgan fingerprint density at radius 1 is 0.962 bits per heavy atom. The Bertz CT molecular complexity index is 751. The number of alkyl halides is 6. The van der Waals surface area contributed by atoms with Crippen LogP contribution in [-0.4, -0.2) is 27.4 Å². The van der Waals surface area contributed by atoms with Crippen LogP contribution in [0, 0.1) is 5.92 Å². The third-order valence-corrected chi connectivity index (χ3v) is 5.14. The van der Waals surface area contributed by atoms with Gasteiger partial charge in [-0.05, 0) is 44.1 Å². The average Bonchev–Trinajstić information content (AvgIpc) is 2.53. The molecule has 12 heteroatoms. The van der Waals surface area contributed by atoms with Crippen LogP contribution in [0.1, 0.15) is 24.0 Å². The van der Waals surface area contributed by atoms with Crippen LogP contribution >= 0.6 is 0 Å². The van der Waals surface area contributed by atoms with Crippen LogP contribution in [0.3, 0.4) is 0 Å². The average molecular weight is 404 g/mol. The molecule has 1 heterocycles. The number of piperidine rings is 1. The fraction of sp³-hybridized carbons (Fsp3) is 0.500. The van der Waals surface area contributed by atoms with Crippen LogP contribution in [0.2, 0.25) is 0 Å². The number of amides is 1. The van der Waals surface area contributed by atoms with Gasteiger partial charge in [0.1, 0.15) is 0 Å². The zero-order valence-electron chi connectivity index (χ0n) is 13.0. The van der Waals surface area contributed by atoms with Crippen molar-refractivity contribution in [2.75, 3.05) is 13.1 Å². The number of hydrogen-bond acceptors (Lipinski definition) is 4. The fourth-order valence-corrected chi connectivity index (χ4v) is 3.55. The van der Waals surface area contributed by atoms with Crippen molar-refractivity contribution in [1.29, 1.82) is 0 Å². The monoisotopic (exact) mass is 404 g/mol. The molecular weight excluding hydrogens is 390 g/mol. The molecule has 0 saturated carbocycles. The highest BCUT2D eigenvalue weighted by Gasteiger charge is 2.38. The lowest BCUT2D eigenvalue weighted by atomic mass is 9.98. The summed E-state index contributed by atoms with van der Waals surface area (Å²) in [6.07, 6.45) is -9.77. The number of nitrogens with one attached hydrogen (secondary N) is 2. The predicted molar refractivity (Wildman–Crippen MR) is 77.4 cm³/mol. The van der Waals surface area contributed by atoms with E-state index in [4.69, 9.17) is 0 Å². The van der Waals surface area contributed by atoms with Crippen molar-refractivity contribution in [2.45, 2.75) is 30.1 Å². The predicted octanol–water partition coefficient (Wildman–Crippen LogP) is 2.53. The summed E-state index contributed by atoms with van der Waals surface area (Å²) < 4.78 is 103. The lowest BCUT2D eigenvalue weighted by Gasteiger charge is -2.22. The quantitative estimate of drug-likeness (QED) is 0.760. The van der Waals surface area contributed by atoms with Crippen molar-refractivity contribution in [3.63, 3.8) is 0 Å². The first kappa shape index (κ1) is 20.5. The van der Waals surface area contributed by atoms with Crippen molar-refractivity contribution in [1.82, 2.24) is 10.0 Å². The molecule has 0 aromatic heterocycles. The highest BCUT2D eigenvalue weighted by Crippen LogP contribution is 2.37. The van der Waals surface area contributed by atoms with Crippen molar-refractivity contribution in [2.24, 2.45) is 5.92 Å².